The summed E-state index contributed by atoms with van der Waals surface area (Å²) in [6.07, 6.45) is 5.23. The SMILES string of the molecule is NC(=O)[C](/C=C/C(CCO)Cc1ccccc1)c1ccc2ccccc2c1. The van der Waals surface area contributed by atoms with Crippen LogP contribution in [0.4, 0.5) is 0 Å². The van der Waals surface area contributed by atoms with Crippen molar-refractivity contribution in [2.24, 2.45) is 11.7 Å². The third-order valence-corrected chi connectivity index (χ3v) is 4.70. The molecule has 0 heterocycles. The highest BCUT2D eigenvalue weighted by Gasteiger charge is 2.17. The van der Waals surface area contributed by atoms with Gasteiger partial charge in [0.2, 0.25) is 5.91 Å². The molecule has 27 heavy (non-hydrogen) atoms. The van der Waals surface area contributed by atoms with Crippen LogP contribution in [0.1, 0.15) is 17.5 Å². The van der Waals surface area contributed by atoms with E-state index in [1.807, 2.05) is 66.7 Å². The maximum absolute atomic E-state index is 12.0. The van der Waals surface area contributed by atoms with E-state index in [-0.39, 0.29) is 12.5 Å². The third kappa shape index (κ3) is 5.05. The topological polar surface area (TPSA) is 63.3 Å². The zero-order valence-electron chi connectivity index (χ0n) is 15.2. The minimum absolute atomic E-state index is 0.101. The first-order valence-corrected chi connectivity index (χ1v) is 9.16. The molecular weight excluding hydrogens is 334 g/mol. The summed E-state index contributed by atoms with van der Waals surface area (Å²) in [7, 11) is 0. The van der Waals surface area contributed by atoms with Crippen LogP contribution in [0.5, 0.6) is 0 Å². The Balaban J connectivity index is 1.83. The van der Waals surface area contributed by atoms with Gasteiger partial charge in [0.15, 0.2) is 0 Å². The molecule has 0 fully saturated rings. The number of rotatable bonds is 8. The molecule has 0 aromatic heterocycles. The van der Waals surface area contributed by atoms with Gasteiger partial charge in [0.1, 0.15) is 5.92 Å². The van der Waals surface area contributed by atoms with Gasteiger partial charge in [0.05, 0.1) is 0 Å². The molecule has 0 saturated carbocycles. The van der Waals surface area contributed by atoms with Crippen molar-refractivity contribution < 1.29 is 9.90 Å². The molecule has 1 unspecified atom stereocenters. The second-order valence-electron chi connectivity index (χ2n) is 6.66. The molecule has 0 aliphatic heterocycles. The highest BCUT2D eigenvalue weighted by molar-refractivity contribution is 5.97. The van der Waals surface area contributed by atoms with Crippen molar-refractivity contribution in [3.8, 4) is 0 Å². The number of amides is 1. The third-order valence-electron chi connectivity index (χ3n) is 4.70. The molecule has 0 saturated heterocycles. The number of aliphatic hydroxyl groups is 1. The molecule has 137 valence electrons. The number of hydrogen-bond acceptors (Lipinski definition) is 2. The van der Waals surface area contributed by atoms with E-state index in [0.29, 0.717) is 12.3 Å². The Labute approximate surface area is 160 Å². The number of carbonyl (C=O) groups is 1. The number of allylic oxidation sites excluding steroid dienone is 1. The summed E-state index contributed by atoms with van der Waals surface area (Å²) < 4.78 is 0. The van der Waals surface area contributed by atoms with Gasteiger partial charge in [0, 0.05) is 6.61 Å². The fraction of sp³-hybridized carbons (Fsp3) is 0.167. The normalized spacial score (nSPS) is 12.7. The lowest BCUT2D eigenvalue weighted by molar-refractivity contribution is -0.115. The van der Waals surface area contributed by atoms with Crippen molar-refractivity contribution in [2.75, 3.05) is 6.61 Å². The van der Waals surface area contributed by atoms with Crippen LogP contribution in [0.25, 0.3) is 10.8 Å². The summed E-state index contributed by atoms with van der Waals surface area (Å²) in [6.45, 7) is 0.101. The van der Waals surface area contributed by atoms with Gasteiger partial charge in [-0.2, -0.15) is 0 Å². The molecule has 0 spiro atoms. The maximum Gasteiger partial charge on any atom is 0.233 e. The first-order valence-electron chi connectivity index (χ1n) is 9.16. The van der Waals surface area contributed by atoms with Crippen LogP contribution in [-0.2, 0) is 11.2 Å². The summed E-state index contributed by atoms with van der Waals surface area (Å²) in [6, 6.07) is 24.1. The Kier molecular flexibility index (Phi) is 6.39. The zero-order chi connectivity index (χ0) is 19.1. The second kappa shape index (κ2) is 9.15. The summed E-state index contributed by atoms with van der Waals surface area (Å²) in [4.78, 5) is 12.0. The molecule has 3 nitrogen and oxygen atoms in total. The van der Waals surface area contributed by atoms with Crippen LogP contribution in [0.2, 0.25) is 0 Å². The molecule has 3 aromatic carbocycles. The first-order chi connectivity index (χ1) is 13.2. The number of fused-ring (bicyclic) bond motifs is 1. The molecule has 3 rings (SSSR count). The highest BCUT2D eigenvalue weighted by Crippen LogP contribution is 2.24. The van der Waals surface area contributed by atoms with Crippen molar-refractivity contribution in [3.05, 3.63) is 102 Å². The lowest BCUT2D eigenvalue weighted by Gasteiger charge is -2.14. The predicted molar refractivity (Wildman–Crippen MR) is 110 cm³/mol. The van der Waals surface area contributed by atoms with E-state index in [1.54, 1.807) is 6.08 Å². The zero-order valence-corrected chi connectivity index (χ0v) is 15.2. The first kappa shape index (κ1) is 18.9. The minimum atomic E-state index is -0.455. The van der Waals surface area contributed by atoms with E-state index in [9.17, 15) is 9.90 Å². The average molecular weight is 358 g/mol. The van der Waals surface area contributed by atoms with Crippen LogP contribution in [0.3, 0.4) is 0 Å². The number of nitrogens with two attached hydrogens (primary N) is 1. The van der Waals surface area contributed by atoms with Gasteiger partial charge < -0.3 is 10.8 Å². The van der Waals surface area contributed by atoms with E-state index in [0.717, 1.165) is 22.8 Å². The fourth-order valence-corrected chi connectivity index (χ4v) is 3.26. The van der Waals surface area contributed by atoms with Gasteiger partial charge in [-0.05, 0) is 46.7 Å². The highest BCUT2D eigenvalue weighted by atomic mass is 16.3. The smallest absolute Gasteiger partial charge is 0.233 e. The van der Waals surface area contributed by atoms with E-state index in [4.69, 9.17) is 5.73 Å². The standard InChI is InChI=1S/C24H24NO2/c25-24(27)23(22-12-11-20-8-4-5-9-21(20)17-22)13-10-19(14-15-26)16-18-6-2-1-3-7-18/h1-13,17,19,26H,14-16H2,(H2,25,27)/b13-10+. The fourth-order valence-electron chi connectivity index (χ4n) is 3.26. The molecule has 0 aliphatic carbocycles. The van der Waals surface area contributed by atoms with Crippen molar-refractivity contribution in [3.63, 3.8) is 0 Å². The van der Waals surface area contributed by atoms with Crippen molar-refractivity contribution in [1.29, 1.82) is 0 Å². The van der Waals surface area contributed by atoms with Gasteiger partial charge in [-0.15, -0.1) is 0 Å². The molecular formula is C24H24NO2. The Hall–Kier alpha value is -2.91. The van der Waals surface area contributed by atoms with Gasteiger partial charge in [0.25, 0.3) is 0 Å². The summed E-state index contributed by atoms with van der Waals surface area (Å²) in [5.74, 6) is 0.160. The quantitative estimate of drug-likeness (QED) is 0.638. The van der Waals surface area contributed by atoms with Gasteiger partial charge in [-0.3, -0.25) is 4.79 Å². The Bertz CT molecular complexity index is 918. The van der Waals surface area contributed by atoms with E-state index in [1.165, 1.54) is 5.56 Å². The van der Waals surface area contributed by atoms with Crippen LogP contribution >= 0.6 is 0 Å². The van der Waals surface area contributed by atoms with Crippen molar-refractivity contribution >= 4 is 16.7 Å². The molecule has 0 bridgehead atoms. The van der Waals surface area contributed by atoms with Crippen molar-refractivity contribution in [1.82, 2.24) is 0 Å². The van der Waals surface area contributed by atoms with Gasteiger partial charge in [-0.1, -0.05) is 78.9 Å². The molecule has 3 aromatic rings. The van der Waals surface area contributed by atoms with Crippen LogP contribution < -0.4 is 5.73 Å². The summed E-state index contributed by atoms with van der Waals surface area (Å²) in [5, 5.41) is 11.6. The van der Waals surface area contributed by atoms with E-state index in [2.05, 4.69) is 12.1 Å². The number of primary amides is 1. The number of aliphatic hydroxyl groups excluding tert-OH is 1. The molecule has 1 radical (unpaired) electrons. The van der Waals surface area contributed by atoms with E-state index >= 15 is 0 Å². The Morgan fingerprint density at radius 3 is 2.37 bits per heavy atom. The Morgan fingerprint density at radius 2 is 1.67 bits per heavy atom. The van der Waals surface area contributed by atoms with Gasteiger partial charge in [-0.25, -0.2) is 0 Å². The minimum Gasteiger partial charge on any atom is -0.396 e. The molecule has 1 atom stereocenters. The number of benzene rings is 3. The largest absolute Gasteiger partial charge is 0.396 e. The monoisotopic (exact) mass is 358 g/mol. The number of hydrogen-bond donors (Lipinski definition) is 2. The second-order valence-corrected chi connectivity index (χ2v) is 6.66. The van der Waals surface area contributed by atoms with Crippen molar-refractivity contribution in [2.45, 2.75) is 12.8 Å². The Morgan fingerprint density at radius 1 is 0.963 bits per heavy atom. The molecule has 3 heteroatoms. The van der Waals surface area contributed by atoms with Crippen LogP contribution in [-0.4, -0.2) is 17.6 Å². The van der Waals surface area contributed by atoms with Crippen LogP contribution in [0.15, 0.2) is 84.9 Å². The average Bonchev–Trinajstić information content (AvgIpc) is 2.68. The van der Waals surface area contributed by atoms with Gasteiger partial charge >= 0.3 is 0 Å². The summed E-state index contributed by atoms with van der Waals surface area (Å²) >= 11 is 0. The molecule has 1 amide bonds. The van der Waals surface area contributed by atoms with Crippen LogP contribution in [0, 0.1) is 11.8 Å². The number of carbonyl (C=O) groups excluding carboxylic acids is 1. The molecule has 0 aliphatic rings. The predicted octanol–water partition coefficient (Wildman–Crippen LogP) is 4.05. The lowest BCUT2D eigenvalue weighted by Crippen LogP contribution is -2.21. The lowest BCUT2D eigenvalue weighted by atomic mass is 9.91. The maximum atomic E-state index is 12.0. The summed E-state index contributed by atoms with van der Waals surface area (Å²) in [5.41, 5.74) is 7.66. The molecule has 3 N–H and O–H groups in total. The van der Waals surface area contributed by atoms with E-state index < -0.39 is 5.91 Å².